The Balaban J connectivity index is 2.41. The van der Waals surface area contributed by atoms with Crippen LogP contribution in [-0.2, 0) is 24.3 Å². The summed E-state index contributed by atoms with van der Waals surface area (Å²) in [5, 5.41) is 4.14. The largest absolute Gasteiger partial charge is 0.329 e. The molecule has 1 aromatic rings. The van der Waals surface area contributed by atoms with Gasteiger partial charge in [0, 0.05) is 53.7 Å². The highest BCUT2D eigenvalue weighted by molar-refractivity contribution is 7.85. The molecule has 0 saturated carbocycles. The van der Waals surface area contributed by atoms with Crippen LogP contribution >= 0.6 is 0 Å². The third-order valence-electron chi connectivity index (χ3n) is 2.26. The van der Waals surface area contributed by atoms with E-state index in [2.05, 4.69) is 5.10 Å². The molecule has 5 heteroatoms. The second kappa shape index (κ2) is 5.26. The summed E-state index contributed by atoms with van der Waals surface area (Å²) in [5.74, 6) is 0.665. The molecule has 2 unspecified atom stereocenters. The molecule has 0 aliphatic carbocycles. The molecular formula is C9H17N3OS. The second-order valence-corrected chi connectivity index (χ2v) is 5.30. The quantitative estimate of drug-likeness (QED) is 0.755. The van der Waals surface area contributed by atoms with Gasteiger partial charge in [0.05, 0.1) is 0 Å². The smallest absolute Gasteiger partial charge is 0.0492 e. The number of nitrogens with two attached hydrogens (primary N) is 1. The maximum atomic E-state index is 11.6. The lowest BCUT2D eigenvalue weighted by Gasteiger charge is -2.08. The van der Waals surface area contributed by atoms with Crippen molar-refractivity contribution in [3.8, 4) is 0 Å². The minimum absolute atomic E-state index is 0.0863. The van der Waals surface area contributed by atoms with E-state index in [1.54, 1.807) is 6.20 Å². The van der Waals surface area contributed by atoms with Crippen molar-refractivity contribution in [2.75, 3.05) is 12.3 Å². The molecule has 1 rings (SSSR count). The predicted octanol–water partition coefficient (Wildman–Crippen LogP) is 0.0585. The Kier molecular flexibility index (Phi) is 4.28. The molecule has 0 aliphatic heterocycles. The standard InChI is InChI=1S/C9H17N3OS/c1-8(7-10)14(13)6-4-9-3-5-11-12(9)2/h3,5,8H,4,6-7,10H2,1-2H3. The van der Waals surface area contributed by atoms with Crippen LogP contribution in [0.4, 0.5) is 0 Å². The summed E-state index contributed by atoms with van der Waals surface area (Å²) in [6, 6.07) is 1.95. The highest BCUT2D eigenvalue weighted by atomic mass is 32.2. The van der Waals surface area contributed by atoms with Gasteiger partial charge in [-0.05, 0) is 13.0 Å². The molecule has 0 amide bonds. The summed E-state index contributed by atoms with van der Waals surface area (Å²) in [7, 11) is 1.07. The van der Waals surface area contributed by atoms with Gasteiger partial charge in [-0.1, -0.05) is 0 Å². The van der Waals surface area contributed by atoms with Gasteiger partial charge in [-0.25, -0.2) is 0 Å². The zero-order valence-electron chi connectivity index (χ0n) is 8.64. The molecule has 1 aromatic heterocycles. The van der Waals surface area contributed by atoms with Gasteiger partial charge >= 0.3 is 0 Å². The molecule has 14 heavy (non-hydrogen) atoms. The third kappa shape index (κ3) is 2.92. The third-order valence-corrected chi connectivity index (χ3v) is 3.96. The van der Waals surface area contributed by atoms with Crippen LogP contribution in [-0.4, -0.2) is 31.5 Å². The van der Waals surface area contributed by atoms with Crippen LogP contribution in [0.2, 0.25) is 0 Å². The molecule has 0 bridgehead atoms. The second-order valence-electron chi connectivity index (χ2n) is 3.33. The van der Waals surface area contributed by atoms with Crippen LogP contribution in [0.1, 0.15) is 12.6 Å². The first kappa shape index (κ1) is 11.4. The Hall–Kier alpha value is -0.680. The lowest BCUT2D eigenvalue weighted by Crippen LogP contribution is -2.24. The van der Waals surface area contributed by atoms with Crippen molar-refractivity contribution in [3.63, 3.8) is 0 Å². The normalized spacial score (nSPS) is 15.4. The summed E-state index contributed by atoms with van der Waals surface area (Å²) < 4.78 is 13.4. The van der Waals surface area contributed by atoms with E-state index < -0.39 is 10.8 Å². The van der Waals surface area contributed by atoms with Crippen LogP contribution in [0.25, 0.3) is 0 Å². The zero-order chi connectivity index (χ0) is 10.6. The number of aryl methyl sites for hydroxylation is 2. The van der Waals surface area contributed by atoms with Crippen molar-refractivity contribution in [1.29, 1.82) is 0 Å². The van der Waals surface area contributed by atoms with E-state index >= 15 is 0 Å². The number of aromatic nitrogens is 2. The molecular weight excluding hydrogens is 198 g/mol. The molecule has 0 spiro atoms. The Morgan fingerprint density at radius 1 is 1.71 bits per heavy atom. The lowest BCUT2D eigenvalue weighted by molar-refractivity contribution is 0.668. The van der Waals surface area contributed by atoms with Crippen molar-refractivity contribution >= 4 is 10.8 Å². The Morgan fingerprint density at radius 2 is 2.43 bits per heavy atom. The first-order chi connectivity index (χ1) is 6.65. The highest BCUT2D eigenvalue weighted by Gasteiger charge is 2.09. The fourth-order valence-corrected chi connectivity index (χ4v) is 2.19. The molecule has 1 heterocycles. The van der Waals surface area contributed by atoms with E-state index in [4.69, 9.17) is 5.73 Å². The van der Waals surface area contributed by atoms with Crippen LogP contribution in [0, 0.1) is 0 Å². The van der Waals surface area contributed by atoms with E-state index in [9.17, 15) is 4.21 Å². The fourth-order valence-electron chi connectivity index (χ4n) is 1.16. The first-order valence-corrected chi connectivity index (χ1v) is 6.07. The van der Waals surface area contributed by atoms with Crippen molar-refractivity contribution in [1.82, 2.24) is 9.78 Å². The molecule has 2 N–H and O–H groups in total. The average Bonchev–Trinajstić information content (AvgIpc) is 2.59. The topological polar surface area (TPSA) is 60.9 Å². The SMILES string of the molecule is CC(CN)S(=O)CCc1ccnn1C. The number of hydrogen-bond acceptors (Lipinski definition) is 3. The molecule has 0 aliphatic rings. The molecule has 4 nitrogen and oxygen atoms in total. The molecule has 0 radical (unpaired) electrons. The summed E-state index contributed by atoms with van der Waals surface area (Å²) in [5.41, 5.74) is 6.55. The van der Waals surface area contributed by atoms with Crippen molar-refractivity contribution in [2.24, 2.45) is 12.8 Å². The van der Waals surface area contributed by atoms with Gasteiger partial charge in [0.15, 0.2) is 0 Å². The van der Waals surface area contributed by atoms with Gasteiger partial charge in [-0.3, -0.25) is 8.89 Å². The molecule has 0 fully saturated rings. The van der Waals surface area contributed by atoms with Gasteiger partial charge in [0.2, 0.25) is 0 Å². The fraction of sp³-hybridized carbons (Fsp3) is 0.667. The van der Waals surface area contributed by atoms with Gasteiger partial charge in [0.25, 0.3) is 0 Å². The Bertz CT molecular complexity index is 311. The van der Waals surface area contributed by atoms with Gasteiger partial charge in [-0.15, -0.1) is 0 Å². The first-order valence-electron chi connectivity index (χ1n) is 4.69. The minimum atomic E-state index is -0.824. The van der Waals surface area contributed by atoms with Crippen molar-refractivity contribution in [3.05, 3.63) is 18.0 Å². The minimum Gasteiger partial charge on any atom is -0.329 e. The van der Waals surface area contributed by atoms with E-state index in [0.29, 0.717) is 12.3 Å². The van der Waals surface area contributed by atoms with E-state index in [-0.39, 0.29) is 5.25 Å². The maximum absolute atomic E-state index is 11.6. The van der Waals surface area contributed by atoms with Gasteiger partial charge < -0.3 is 5.73 Å². The van der Waals surface area contributed by atoms with E-state index in [1.807, 2.05) is 24.7 Å². The maximum Gasteiger partial charge on any atom is 0.0492 e. The van der Waals surface area contributed by atoms with Gasteiger partial charge in [0.1, 0.15) is 0 Å². The van der Waals surface area contributed by atoms with Crippen LogP contribution < -0.4 is 5.73 Å². The Labute approximate surface area is 86.9 Å². The molecule has 80 valence electrons. The van der Waals surface area contributed by atoms with E-state index in [1.165, 1.54) is 0 Å². The highest BCUT2D eigenvalue weighted by Crippen LogP contribution is 2.01. The van der Waals surface area contributed by atoms with Crippen molar-refractivity contribution in [2.45, 2.75) is 18.6 Å². The van der Waals surface area contributed by atoms with Crippen LogP contribution in [0.3, 0.4) is 0 Å². The molecule has 0 aromatic carbocycles. The number of nitrogens with zero attached hydrogens (tertiary/aromatic N) is 2. The molecule has 0 saturated heterocycles. The van der Waals surface area contributed by atoms with Crippen LogP contribution in [0.5, 0.6) is 0 Å². The molecule has 2 atom stereocenters. The lowest BCUT2D eigenvalue weighted by atomic mass is 10.3. The van der Waals surface area contributed by atoms with Crippen LogP contribution in [0.15, 0.2) is 12.3 Å². The monoisotopic (exact) mass is 215 g/mol. The summed E-state index contributed by atoms with van der Waals surface area (Å²) in [6.07, 6.45) is 2.55. The van der Waals surface area contributed by atoms with Gasteiger partial charge in [-0.2, -0.15) is 5.10 Å². The number of rotatable bonds is 5. The van der Waals surface area contributed by atoms with Crippen molar-refractivity contribution < 1.29 is 4.21 Å². The summed E-state index contributed by atoms with van der Waals surface area (Å²) >= 11 is 0. The number of hydrogen-bond donors (Lipinski definition) is 1. The Morgan fingerprint density at radius 3 is 2.93 bits per heavy atom. The zero-order valence-corrected chi connectivity index (χ0v) is 9.46. The average molecular weight is 215 g/mol. The predicted molar refractivity (Wildman–Crippen MR) is 58.4 cm³/mol. The summed E-state index contributed by atoms with van der Waals surface area (Å²) in [4.78, 5) is 0. The van der Waals surface area contributed by atoms with E-state index in [0.717, 1.165) is 12.1 Å². The summed E-state index contributed by atoms with van der Waals surface area (Å²) in [6.45, 7) is 2.40.